The van der Waals surface area contributed by atoms with Gasteiger partial charge in [0, 0.05) is 12.8 Å². The molecule has 3 N–H and O–H groups in total. The van der Waals surface area contributed by atoms with Crippen LogP contribution in [-0.4, -0.2) is 24.3 Å². The summed E-state index contributed by atoms with van der Waals surface area (Å²) in [6, 6.07) is 7.20. The molecule has 88 valence electrons. The highest BCUT2D eigenvalue weighted by atomic mass is 19.1. The first kappa shape index (κ1) is 12.3. The Kier molecular flexibility index (Phi) is 5.11. The lowest BCUT2D eigenvalue weighted by atomic mass is 10.1. The number of halogens is 1. The molecule has 0 radical (unpaired) electrons. The number of ether oxygens (including phenoxy) is 1. The maximum atomic E-state index is 11.8. The van der Waals surface area contributed by atoms with Crippen molar-refractivity contribution in [2.24, 2.45) is 10.9 Å². The molecule has 0 unspecified atom stereocenters. The smallest absolute Gasteiger partial charge is 0.143 e. The number of alkyl halides is 1. The fraction of sp³-hybridized carbons (Fsp3) is 0.364. The van der Waals surface area contributed by atoms with Gasteiger partial charge in [-0.1, -0.05) is 17.3 Å². The van der Waals surface area contributed by atoms with E-state index in [0.717, 1.165) is 5.56 Å². The van der Waals surface area contributed by atoms with Gasteiger partial charge in [-0.05, 0) is 17.7 Å². The Bertz CT molecular complexity index is 338. The largest absolute Gasteiger partial charge is 0.494 e. The van der Waals surface area contributed by atoms with Crippen LogP contribution in [0.15, 0.2) is 29.4 Å². The van der Waals surface area contributed by atoms with E-state index in [2.05, 4.69) is 5.16 Å². The molecule has 0 fully saturated rings. The molecule has 0 aromatic heterocycles. The molecular formula is C11H15FN2O2. The summed E-state index contributed by atoms with van der Waals surface area (Å²) in [5.74, 6) is 0.850. The fourth-order valence-corrected chi connectivity index (χ4v) is 1.19. The van der Waals surface area contributed by atoms with Crippen molar-refractivity contribution in [2.45, 2.75) is 12.8 Å². The van der Waals surface area contributed by atoms with E-state index in [-0.39, 0.29) is 12.5 Å². The Balaban J connectivity index is 2.47. The normalized spacial score (nSPS) is 11.4. The van der Waals surface area contributed by atoms with Crippen molar-refractivity contribution in [1.29, 1.82) is 0 Å². The van der Waals surface area contributed by atoms with E-state index in [1.807, 2.05) is 12.1 Å². The third kappa shape index (κ3) is 4.16. The predicted octanol–water partition coefficient (Wildman–Crippen LogP) is 1.71. The van der Waals surface area contributed by atoms with Gasteiger partial charge < -0.3 is 15.7 Å². The number of amidine groups is 1. The van der Waals surface area contributed by atoms with Gasteiger partial charge in [-0.2, -0.15) is 0 Å². The maximum absolute atomic E-state index is 11.8. The minimum absolute atomic E-state index is 0.158. The van der Waals surface area contributed by atoms with Gasteiger partial charge in [0.25, 0.3) is 0 Å². The first-order valence-corrected chi connectivity index (χ1v) is 5.00. The van der Waals surface area contributed by atoms with Crippen molar-refractivity contribution < 1.29 is 14.3 Å². The summed E-state index contributed by atoms with van der Waals surface area (Å²) in [5, 5.41) is 11.3. The van der Waals surface area contributed by atoms with E-state index in [9.17, 15) is 4.39 Å². The van der Waals surface area contributed by atoms with Gasteiger partial charge in [0.05, 0.1) is 13.3 Å². The molecule has 16 heavy (non-hydrogen) atoms. The summed E-state index contributed by atoms with van der Waals surface area (Å²) in [7, 11) is 0. The van der Waals surface area contributed by atoms with Gasteiger partial charge in [-0.15, -0.1) is 0 Å². The average molecular weight is 226 g/mol. The molecule has 1 rings (SSSR count). The van der Waals surface area contributed by atoms with E-state index < -0.39 is 0 Å². The second-order valence-electron chi connectivity index (χ2n) is 3.30. The van der Waals surface area contributed by atoms with E-state index >= 15 is 0 Å². The molecule has 4 nitrogen and oxygen atoms in total. The van der Waals surface area contributed by atoms with Crippen LogP contribution in [0.4, 0.5) is 4.39 Å². The molecule has 5 heteroatoms. The SMILES string of the molecule is N/C(Cc1ccc(OCCCF)cc1)=N/O. The first-order chi connectivity index (χ1) is 7.76. The van der Waals surface area contributed by atoms with E-state index in [0.29, 0.717) is 25.2 Å². The molecule has 0 bridgehead atoms. The molecular weight excluding hydrogens is 211 g/mol. The Morgan fingerprint density at radius 3 is 2.62 bits per heavy atom. The molecule has 0 saturated carbocycles. The highest BCUT2D eigenvalue weighted by Gasteiger charge is 1.98. The van der Waals surface area contributed by atoms with Crippen LogP contribution < -0.4 is 10.5 Å². The molecule has 0 aliphatic carbocycles. The Morgan fingerprint density at radius 1 is 1.38 bits per heavy atom. The minimum atomic E-state index is -0.373. The monoisotopic (exact) mass is 226 g/mol. The number of hydrogen-bond donors (Lipinski definition) is 2. The van der Waals surface area contributed by atoms with Crippen LogP contribution in [0.5, 0.6) is 5.75 Å². The van der Waals surface area contributed by atoms with Crippen LogP contribution in [0.25, 0.3) is 0 Å². The van der Waals surface area contributed by atoms with E-state index in [1.54, 1.807) is 12.1 Å². The van der Waals surface area contributed by atoms with Crippen molar-refractivity contribution in [3.8, 4) is 5.75 Å². The molecule has 0 aliphatic heterocycles. The van der Waals surface area contributed by atoms with Crippen LogP contribution in [0.2, 0.25) is 0 Å². The van der Waals surface area contributed by atoms with Gasteiger partial charge >= 0.3 is 0 Å². The zero-order valence-corrected chi connectivity index (χ0v) is 8.90. The number of nitrogens with two attached hydrogens (primary N) is 1. The minimum Gasteiger partial charge on any atom is -0.494 e. The van der Waals surface area contributed by atoms with Crippen molar-refractivity contribution in [2.75, 3.05) is 13.3 Å². The Labute approximate surface area is 93.5 Å². The van der Waals surface area contributed by atoms with Gasteiger partial charge in [0.2, 0.25) is 0 Å². The zero-order chi connectivity index (χ0) is 11.8. The van der Waals surface area contributed by atoms with Crippen molar-refractivity contribution >= 4 is 5.84 Å². The lowest BCUT2D eigenvalue weighted by Crippen LogP contribution is -2.14. The molecule has 0 aliphatic rings. The Morgan fingerprint density at radius 2 is 2.06 bits per heavy atom. The molecule has 0 atom stereocenters. The maximum Gasteiger partial charge on any atom is 0.143 e. The van der Waals surface area contributed by atoms with Crippen LogP contribution in [0.1, 0.15) is 12.0 Å². The van der Waals surface area contributed by atoms with Crippen molar-refractivity contribution in [3.63, 3.8) is 0 Å². The third-order valence-electron chi connectivity index (χ3n) is 1.98. The molecule has 0 heterocycles. The van der Waals surface area contributed by atoms with Crippen LogP contribution in [0, 0.1) is 0 Å². The van der Waals surface area contributed by atoms with Crippen LogP contribution in [-0.2, 0) is 6.42 Å². The predicted molar refractivity (Wildman–Crippen MR) is 59.6 cm³/mol. The molecule has 1 aromatic carbocycles. The summed E-state index contributed by atoms with van der Waals surface area (Å²) in [5.41, 5.74) is 6.29. The van der Waals surface area contributed by atoms with Gasteiger partial charge in [0.1, 0.15) is 11.6 Å². The third-order valence-corrected chi connectivity index (χ3v) is 1.98. The Hall–Kier alpha value is -1.78. The zero-order valence-electron chi connectivity index (χ0n) is 8.90. The van der Waals surface area contributed by atoms with Gasteiger partial charge in [-0.25, -0.2) is 0 Å². The molecule has 0 amide bonds. The number of benzene rings is 1. The van der Waals surface area contributed by atoms with Gasteiger partial charge in [0.15, 0.2) is 0 Å². The first-order valence-electron chi connectivity index (χ1n) is 5.00. The summed E-state index contributed by atoms with van der Waals surface area (Å²) in [6.07, 6.45) is 0.785. The molecule has 1 aromatic rings. The lowest BCUT2D eigenvalue weighted by molar-refractivity contribution is 0.289. The summed E-state index contributed by atoms with van der Waals surface area (Å²) in [6.45, 7) is -0.00232. The second-order valence-corrected chi connectivity index (χ2v) is 3.30. The number of oxime groups is 1. The number of hydrogen-bond acceptors (Lipinski definition) is 3. The summed E-state index contributed by atoms with van der Waals surface area (Å²) in [4.78, 5) is 0. The topological polar surface area (TPSA) is 67.8 Å². The van der Waals surface area contributed by atoms with E-state index in [4.69, 9.17) is 15.7 Å². The van der Waals surface area contributed by atoms with E-state index in [1.165, 1.54) is 0 Å². The average Bonchev–Trinajstić information content (AvgIpc) is 2.31. The standard InChI is InChI=1S/C11H15FN2O2/c12-6-1-7-16-10-4-2-9(3-5-10)8-11(13)14-15/h2-5,15H,1,6-8H2,(H2,13,14). The highest BCUT2D eigenvalue weighted by Crippen LogP contribution is 2.12. The second kappa shape index (κ2) is 6.66. The number of nitrogens with zero attached hydrogens (tertiary/aromatic N) is 1. The number of rotatable bonds is 6. The summed E-state index contributed by atoms with van der Waals surface area (Å²) < 4.78 is 17.1. The highest BCUT2D eigenvalue weighted by molar-refractivity contribution is 5.81. The quantitative estimate of drug-likeness (QED) is 0.255. The fourth-order valence-electron chi connectivity index (χ4n) is 1.19. The molecule has 0 saturated heterocycles. The summed E-state index contributed by atoms with van der Waals surface area (Å²) >= 11 is 0. The van der Waals surface area contributed by atoms with Crippen molar-refractivity contribution in [1.82, 2.24) is 0 Å². The van der Waals surface area contributed by atoms with Gasteiger partial charge in [-0.3, -0.25) is 4.39 Å². The van der Waals surface area contributed by atoms with Crippen molar-refractivity contribution in [3.05, 3.63) is 29.8 Å². The van der Waals surface area contributed by atoms with Crippen LogP contribution in [0.3, 0.4) is 0 Å². The molecule has 0 spiro atoms. The lowest BCUT2D eigenvalue weighted by Gasteiger charge is -2.05. The van der Waals surface area contributed by atoms with Crippen LogP contribution >= 0.6 is 0 Å².